The van der Waals surface area contributed by atoms with E-state index in [4.69, 9.17) is 5.73 Å². The number of carbonyl (C=O) groups is 1. The summed E-state index contributed by atoms with van der Waals surface area (Å²) in [6.45, 7) is 3.74. The Morgan fingerprint density at radius 3 is 3.06 bits per heavy atom. The molecule has 0 aromatic carbocycles. The first-order valence-corrected chi connectivity index (χ1v) is 7.63. The molecule has 2 atom stereocenters. The predicted molar refractivity (Wildman–Crippen MR) is 74.0 cm³/mol. The van der Waals surface area contributed by atoms with Gasteiger partial charge in [0.2, 0.25) is 0 Å². The van der Waals surface area contributed by atoms with Crippen molar-refractivity contribution in [2.45, 2.75) is 38.6 Å². The van der Waals surface area contributed by atoms with Crippen LogP contribution in [0.5, 0.6) is 0 Å². The SMILES string of the molecule is C[C@H](N)[C@H]1CCN(C(=O)c2cc3c(s2)CCC3)C1. The molecule has 0 saturated carbocycles. The Balaban J connectivity index is 1.71. The number of amides is 1. The largest absolute Gasteiger partial charge is 0.338 e. The summed E-state index contributed by atoms with van der Waals surface area (Å²) in [5.74, 6) is 0.693. The maximum atomic E-state index is 12.4. The molecule has 3 nitrogen and oxygen atoms in total. The highest BCUT2D eigenvalue weighted by molar-refractivity contribution is 7.14. The highest BCUT2D eigenvalue weighted by atomic mass is 32.1. The zero-order valence-electron chi connectivity index (χ0n) is 10.8. The third kappa shape index (κ3) is 2.08. The molecule has 0 unspecified atom stereocenters. The molecule has 1 saturated heterocycles. The van der Waals surface area contributed by atoms with Crippen LogP contribution in [0.25, 0.3) is 0 Å². The molecule has 1 aliphatic carbocycles. The molecule has 2 heterocycles. The lowest BCUT2D eigenvalue weighted by molar-refractivity contribution is 0.0790. The Morgan fingerprint density at radius 1 is 1.56 bits per heavy atom. The van der Waals surface area contributed by atoms with Crippen molar-refractivity contribution in [1.82, 2.24) is 4.90 Å². The van der Waals surface area contributed by atoms with Gasteiger partial charge in [-0.3, -0.25) is 4.79 Å². The molecule has 2 N–H and O–H groups in total. The molecule has 1 aromatic rings. The highest BCUT2D eigenvalue weighted by Crippen LogP contribution is 2.32. The molecule has 1 aliphatic heterocycles. The number of nitrogens with two attached hydrogens (primary N) is 1. The summed E-state index contributed by atoms with van der Waals surface area (Å²) in [6, 6.07) is 2.31. The van der Waals surface area contributed by atoms with Crippen molar-refractivity contribution in [2.24, 2.45) is 11.7 Å². The topological polar surface area (TPSA) is 46.3 Å². The van der Waals surface area contributed by atoms with Crippen LogP contribution in [0, 0.1) is 5.92 Å². The summed E-state index contributed by atoms with van der Waals surface area (Å²) in [4.78, 5) is 16.8. The standard InChI is InChI=1S/C14H20N2OS/c1-9(15)11-5-6-16(8-11)14(17)13-7-10-3-2-4-12(10)18-13/h7,9,11H,2-6,8,15H2,1H3/t9-,11-/m0/s1. The molecular formula is C14H20N2OS. The summed E-state index contributed by atoms with van der Waals surface area (Å²) in [5.41, 5.74) is 7.33. The van der Waals surface area contributed by atoms with Crippen LogP contribution >= 0.6 is 11.3 Å². The maximum Gasteiger partial charge on any atom is 0.263 e. The minimum Gasteiger partial charge on any atom is -0.338 e. The van der Waals surface area contributed by atoms with Gasteiger partial charge in [-0.05, 0) is 50.2 Å². The van der Waals surface area contributed by atoms with Gasteiger partial charge in [0, 0.05) is 24.0 Å². The van der Waals surface area contributed by atoms with Crippen LogP contribution in [-0.2, 0) is 12.8 Å². The number of hydrogen-bond donors (Lipinski definition) is 1. The fraction of sp³-hybridized carbons (Fsp3) is 0.643. The predicted octanol–water partition coefficient (Wildman–Crippen LogP) is 2.05. The average Bonchev–Trinajstić information content (AvgIpc) is 3.02. The fourth-order valence-electron chi connectivity index (χ4n) is 2.99. The number of likely N-dealkylation sites (tertiary alicyclic amines) is 1. The maximum absolute atomic E-state index is 12.4. The first-order valence-electron chi connectivity index (χ1n) is 6.81. The smallest absolute Gasteiger partial charge is 0.263 e. The lowest BCUT2D eigenvalue weighted by Crippen LogP contribution is -2.32. The molecular weight excluding hydrogens is 244 g/mol. The lowest BCUT2D eigenvalue weighted by atomic mass is 10.0. The van der Waals surface area contributed by atoms with Crippen LogP contribution in [-0.4, -0.2) is 29.9 Å². The number of thiophene rings is 1. The van der Waals surface area contributed by atoms with Crippen molar-refractivity contribution in [2.75, 3.05) is 13.1 Å². The van der Waals surface area contributed by atoms with Crippen LogP contribution in [0.4, 0.5) is 0 Å². The van der Waals surface area contributed by atoms with Crippen LogP contribution < -0.4 is 5.73 Å². The summed E-state index contributed by atoms with van der Waals surface area (Å²) >= 11 is 1.70. The van der Waals surface area contributed by atoms with E-state index in [0.717, 1.165) is 37.2 Å². The molecule has 1 fully saturated rings. The fourth-order valence-corrected chi connectivity index (χ4v) is 4.21. The van der Waals surface area contributed by atoms with E-state index in [0.29, 0.717) is 5.92 Å². The van der Waals surface area contributed by atoms with E-state index < -0.39 is 0 Å². The molecule has 3 rings (SSSR count). The second-order valence-electron chi connectivity index (χ2n) is 5.57. The van der Waals surface area contributed by atoms with Crippen LogP contribution in [0.15, 0.2) is 6.07 Å². The van der Waals surface area contributed by atoms with E-state index in [2.05, 4.69) is 6.07 Å². The number of nitrogens with zero attached hydrogens (tertiary/aromatic N) is 1. The molecule has 1 aromatic heterocycles. The van der Waals surface area contributed by atoms with Crippen LogP contribution in [0.2, 0.25) is 0 Å². The third-order valence-electron chi connectivity index (χ3n) is 4.21. The van der Waals surface area contributed by atoms with E-state index in [1.165, 1.54) is 16.9 Å². The second kappa shape index (κ2) is 4.67. The quantitative estimate of drug-likeness (QED) is 0.888. The average molecular weight is 264 g/mol. The number of carbonyl (C=O) groups excluding carboxylic acids is 1. The van der Waals surface area contributed by atoms with Gasteiger partial charge in [0.25, 0.3) is 5.91 Å². The Kier molecular flexibility index (Phi) is 3.16. The molecule has 0 bridgehead atoms. The summed E-state index contributed by atoms with van der Waals surface area (Å²) < 4.78 is 0. The van der Waals surface area contributed by atoms with Gasteiger partial charge in [0.1, 0.15) is 0 Å². The minimum absolute atomic E-state index is 0.191. The summed E-state index contributed by atoms with van der Waals surface area (Å²) in [6.07, 6.45) is 4.62. The Hall–Kier alpha value is -0.870. The van der Waals surface area contributed by atoms with Gasteiger partial charge < -0.3 is 10.6 Å². The van der Waals surface area contributed by atoms with Crippen LogP contribution in [0.1, 0.15) is 39.9 Å². The van der Waals surface area contributed by atoms with Gasteiger partial charge in [0.05, 0.1) is 4.88 Å². The number of rotatable bonds is 2. The zero-order valence-corrected chi connectivity index (χ0v) is 11.6. The zero-order chi connectivity index (χ0) is 12.7. The number of hydrogen-bond acceptors (Lipinski definition) is 3. The lowest BCUT2D eigenvalue weighted by Gasteiger charge is -2.17. The van der Waals surface area contributed by atoms with E-state index in [1.54, 1.807) is 11.3 Å². The van der Waals surface area contributed by atoms with Gasteiger partial charge >= 0.3 is 0 Å². The normalized spacial score (nSPS) is 24.3. The summed E-state index contributed by atoms with van der Waals surface area (Å²) in [5, 5.41) is 0. The minimum atomic E-state index is 0.191. The molecule has 0 spiro atoms. The van der Waals surface area contributed by atoms with Crippen LogP contribution in [0.3, 0.4) is 0 Å². The van der Waals surface area contributed by atoms with Gasteiger partial charge in [-0.1, -0.05) is 0 Å². The number of aryl methyl sites for hydroxylation is 2. The van der Waals surface area contributed by atoms with Crippen molar-refractivity contribution >= 4 is 17.2 Å². The van der Waals surface area contributed by atoms with Crippen molar-refractivity contribution in [3.63, 3.8) is 0 Å². The van der Waals surface area contributed by atoms with Gasteiger partial charge in [0.15, 0.2) is 0 Å². The van der Waals surface area contributed by atoms with Crippen molar-refractivity contribution in [3.8, 4) is 0 Å². The molecule has 2 aliphatic rings. The van der Waals surface area contributed by atoms with Gasteiger partial charge in [-0.25, -0.2) is 0 Å². The van der Waals surface area contributed by atoms with E-state index in [9.17, 15) is 4.79 Å². The van der Waals surface area contributed by atoms with E-state index in [-0.39, 0.29) is 11.9 Å². The Labute approximate surface area is 112 Å². The van der Waals surface area contributed by atoms with E-state index in [1.807, 2.05) is 11.8 Å². The monoisotopic (exact) mass is 264 g/mol. The van der Waals surface area contributed by atoms with Gasteiger partial charge in [-0.2, -0.15) is 0 Å². The highest BCUT2D eigenvalue weighted by Gasteiger charge is 2.30. The first kappa shape index (κ1) is 12.2. The third-order valence-corrected chi connectivity index (χ3v) is 5.44. The Bertz CT molecular complexity index is 445. The van der Waals surface area contributed by atoms with Crippen molar-refractivity contribution in [3.05, 3.63) is 21.4 Å². The van der Waals surface area contributed by atoms with Gasteiger partial charge in [-0.15, -0.1) is 11.3 Å². The molecule has 0 radical (unpaired) electrons. The molecule has 4 heteroatoms. The van der Waals surface area contributed by atoms with Crippen molar-refractivity contribution in [1.29, 1.82) is 0 Å². The molecule has 1 amide bonds. The first-order chi connectivity index (χ1) is 8.65. The number of fused-ring (bicyclic) bond motifs is 1. The Morgan fingerprint density at radius 2 is 2.39 bits per heavy atom. The molecule has 98 valence electrons. The van der Waals surface area contributed by atoms with E-state index >= 15 is 0 Å². The molecule has 18 heavy (non-hydrogen) atoms. The van der Waals surface area contributed by atoms with Crippen molar-refractivity contribution < 1.29 is 4.79 Å². The summed E-state index contributed by atoms with van der Waals surface area (Å²) in [7, 11) is 0. The second-order valence-corrected chi connectivity index (χ2v) is 6.71.